The molecule has 0 radical (unpaired) electrons. The number of carbonyl (C=O) groups is 2. The molecule has 0 bridgehead atoms. The fourth-order valence-corrected chi connectivity index (χ4v) is 5.02. The first-order valence-corrected chi connectivity index (χ1v) is 21.9. The number of carbonyl (C=O) groups excluding carboxylic acids is 2. The number of halogens is 1. The van der Waals surface area contributed by atoms with Crippen molar-refractivity contribution in [3.8, 4) is 0 Å². The Morgan fingerprint density at radius 2 is 1.02 bits per heavy atom. The molecule has 0 saturated heterocycles. The van der Waals surface area contributed by atoms with Crippen LogP contribution in [0.15, 0.2) is 84.9 Å². The van der Waals surface area contributed by atoms with Crippen molar-refractivity contribution in [3.63, 3.8) is 0 Å². The lowest BCUT2D eigenvalue weighted by molar-refractivity contribution is -0.117. The summed E-state index contributed by atoms with van der Waals surface area (Å²) >= 11 is 0. The van der Waals surface area contributed by atoms with Gasteiger partial charge in [-0.15, -0.1) is 0 Å². The number of benzene rings is 3. The fourth-order valence-electron chi connectivity index (χ4n) is 5.02. The van der Waals surface area contributed by atoms with Crippen LogP contribution in [-0.4, -0.2) is 53.9 Å². The highest BCUT2D eigenvalue weighted by Gasteiger charge is 2.21. The van der Waals surface area contributed by atoms with Gasteiger partial charge in [-0.3, -0.25) is 14.9 Å². The maximum atomic E-state index is 13.9. The summed E-state index contributed by atoms with van der Waals surface area (Å²) in [5.74, 6) is 0.164. The van der Waals surface area contributed by atoms with Crippen LogP contribution >= 0.6 is 0 Å². The lowest BCUT2D eigenvalue weighted by Crippen LogP contribution is -2.39. The molecule has 0 aliphatic carbocycles. The van der Waals surface area contributed by atoms with E-state index in [4.69, 9.17) is 10.2 Å². The van der Waals surface area contributed by atoms with Crippen molar-refractivity contribution in [3.05, 3.63) is 107 Å². The zero-order chi connectivity index (χ0) is 45.6. The van der Waals surface area contributed by atoms with Crippen LogP contribution in [0, 0.1) is 12.8 Å². The van der Waals surface area contributed by atoms with E-state index in [0.29, 0.717) is 12.0 Å². The molecule has 6 nitrogen and oxygen atoms in total. The van der Waals surface area contributed by atoms with Gasteiger partial charge >= 0.3 is 0 Å². The van der Waals surface area contributed by atoms with Gasteiger partial charge in [0.2, 0.25) is 0 Å². The Morgan fingerprint density at radius 1 is 0.638 bits per heavy atom. The first kappa shape index (κ1) is 63.9. The van der Waals surface area contributed by atoms with Crippen molar-refractivity contribution in [2.45, 2.75) is 178 Å². The third-order valence-electron chi connectivity index (χ3n) is 8.34. The standard InChI is InChI=1S/C18H28FNO2.C9H10O.2C7H16.C6H6.C2H6.2CH4O/c1-5-6-15(17(22)20-12-13(2)21)11-14-7-9-16(10-8-14)18(3,4)19;1-7-3-5-9(6-4-7)8(2)10;2*1-3-5-7-6-4-2;1-2-4-6-5-3-1;3*1-2/h7-10,15,17,20,22H,5-6,11-12H2,1-4H3;3-6H,1-2H3;2*3-7H2,1-2H3;1-6H;1-2H3;2*2H,1H3. The summed E-state index contributed by atoms with van der Waals surface area (Å²) in [4.78, 5) is 21.8. The molecule has 0 amide bonds. The zero-order valence-electron chi connectivity index (χ0n) is 39.7. The summed E-state index contributed by atoms with van der Waals surface area (Å²) in [6, 6.07) is 27.0. The minimum Gasteiger partial charge on any atom is -0.400 e. The van der Waals surface area contributed by atoms with E-state index in [-0.39, 0.29) is 24.0 Å². The van der Waals surface area contributed by atoms with Crippen LogP contribution < -0.4 is 5.32 Å². The molecule has 58 heavy (non-hydrogen) atoms. The van der Waals surface area contributed by atoms with E-state index < -0.39 is 11.9 Å². The van der Waals surface area contributed by atoms with Gasteiger partial charge in [-0.1, -0.05) is 210 Å². The van der Waals surface area contributed by atoms with Gasteiger partial charge in [0.05, 0.1) is 6.54 Å². The number of aliphatic hydroxyl groups excluding tert-OH is 3. The second-order valence-corrected chi connectivity index (χ2v) is 14.1. The Kier molecular flexibility index (Phi) is 53.1. The molecule has 2 unspecified atom stereocenters. The molecule has 0 fully saturated rings. The number of ketones is 2. The molecule has 0 heterocycles. The van der Waals surface area contributed by atoms with Crippen molar-refractivity contribution in [2.75, 3.05) is 20.8 Å². The van der Waals surface area contributed by atoms with E-state index in [2.05, 4.69) is 39.9 Å². The van der Waals surface area contributed by atoms with E-state index in [1.165, 1.54) is 90.5 Å². The first-order valence-electron chi connectivity index (χ1n) is 21.9. The maximum absolute atomic E-state index is 13.9. The third-order valence-corrected chi connectivity index (χ3v) is 8.34. The summed E-state index contributed by atoms with van der Waals surface area (Å²) in [6.45, 7) is 23.4. The Balaban J connectivity index is -0.000000216. The van der Waals surface area contributed by atoms with Crippen LogP contribution in [0.4, 0.5) is 4.39 Å². The Morgan fingerprint density at radius 3 is 1.31 bits per heavy atom. The number of alkyl halides is 1. The zero-order valence-corrected chi connectivity index (χ0v) is 39.7. The maximum Gasteiger partial charge on any atom is 0.159 e. The fraction of sp³-hybridized carbons (Fsp3) is 0.608. The predicted molar refractivity (Wildman–Crippen MR) is 251 cm³/mol. The summed E-state index contributed by atoms with van der Waals surface area (Å²) in [7, 11) is 2.00. The number of rotatable bonds is 18. The van der Waals surface area contributed by atoms with Crippen LogP contribution in [0.5, 0.6) is 0 Å². The van der Waals surface area contributed by atoms with Crippen LogP contribution in [-0.2, 0) is 16.9 Å². The summed E-state index contributed by atoms with van der Waals surface area (Å²) in [5.41, 5.74) is 2.34. The smallest absolute Gasteiger partial charge is 0.159 e. The lowest BCUT2D eigenvalue weighted by Gasteiger charge is -2.24. The summed E-state index contributed by atoms with van der Waals surface area (Å²) < 4.78 is 13.9. The minimum absolute atomic E-state index is 0.00354. The summed E-state index contributed by atoms with van der Waals surface area (Å²) in [6.07, 6.45) is 15.8. The molecular formula is C51H90FNO5. The summed E-state index contributed by atoms with van der Waals surface area (Å²) in [5, 5.41) is 27.1. The number of Topliss-reactive ketones (excluding diaryl/α,β-unsaturated/α-hetero) is 2. The van der Waals surface area contributed by atoms with Gasteiger partial charge in [0.1, 0.15) is 17.7 Å². The third kappa shape index (κ3) is 43.9. The number of hydrogen-bond donors (Lipinski definition) is 4. The number of nitrogens with one attached hydrogen (secondary N) is 1. The van der Waals surface area contributed by atoms with Gasteiger partial charge in [-0.25, -0.2) is 4.39 Å². The number of hydrogen-bond acceptors (Lipinski definition) is 6. The van der Waals surface area contributed by atoms with Gasteiger partial charge in [0, 0.05) is 25.7 Å². The lowest BCUT2D eigenvalue weighted by atomic mass is 9.91. The van der Waals surface area contributed by atoms with Crippen molar-refractivity contribution in [1.82, 2.24) is 5.32 Å². The normalized spacial score (nSPS) is 10.6. The van der Waals surface area contributed by atoms with Gasteiger partial charge in [-0.2, -0.15) is 0 Å². The van der Waals surface area contributed by atoms with Crippen molar-refractivity contribution < 1.29 is 29.3 Å². The molecule has 0 saturated carbocycles. The molecule has 0 aliphatic heterocycles. The molecule has 7 heteroatoms. The van der Waals surface area contributed by atoms with Crippen molar-refractivity contribution in [1.29, 1.82) is 0 Å². The number of aliphatic hydroxyl groups is 3. The molecule has 3 aromatic rings. The van der Waals surface area contributed by atoms with E-state index in [0.717, 1.165) is 38.2 Å². The highest BCUT2D eigenvalue weighted by atomic mass is 19.1. The van der Waals surface area contributed by atoms with E-state index >= 15 is 0 Å². The molecule has 2 atom stereocenters. The van der Waals surface area contributed by atoms with E-state index in [1.54, 1.807) is 19.1 Å². The Labute approximate surface area is 357 Å². The largest absolute Gasteiger partial charge is 0.400 e. The Bertz CT molecular complexity index is 1180. The van der Waals surface area contributed by atoms with Gasteiger partial charge in [-0.05, 0) is 58.6 Å². The molecule has 3 aromatic carbocycles. The highest BCUT2D eigenvalue weighted by molar-refractivity contribution is 5.93. The van der Waals surface area contributed by atoms with Crippen molar-refractivity contribution in [2.24, 2.45) is 5.92 Å². The van der Waals surface area contributed by atoms with Crippen LogP contribution in [0.3, 0.4) is 0 Å². The quantitative estimate of drug-likeness (QED) is 0.0579. The van der Waals surface area contributed by atoms with Crippen molar-refractivity contribution >= 4 is 11.6 Å². The Hall–Kier alpha value is -3.23. The average molecular weight is 816 g/mol. The molecule has 0 aliphatic rings. The van der Waals surface area contributed by atoms with E-state index in [9.17, 15) is 19.1 Å². The number of unbranched alkanes of at least 4 members (excludes halogenated alkanes) is 8. The van der Waals surface area contributed by atoms with Crippen LogP contribution in [0.1, 0.15) is 180 Å². The number of aryl methyl sites for hydroxylation is 1. The second-order valence-electron chi connectivity index (χ2n) is 14.1. The highest BCUT2D eigenvalue weighted by Crippen LogP contribution is 2.26. The van der Waals surface area contributed by atoms with Gasteiger partial charge < -0.3 is 15.3 Å². The van der Waals surface area contributed by atoms with E-state index in [1.807, 2.05) is 93.6 Å². The van der Waals surface area contributed by atoms with Gasteiger partial charge in [0.25, 0.3) is 0 Å². The molecular weight excluding hydrogens is 726 g/mol. The SMILES string of the molecule is CC.CC(=O)c1ccc(C)cc1.CCCC(Cc1ccc(C(C)(C)F)cc1)C(O)NCC(C)=O.CCCCCCC.CCCCCCC.CO.CO.c1ccccc1. The molecule has 336 valence electrons. The van der Waals surface area contributed by atoms with Gasteiger partial charge in [0.15, 0.2) is 5.78 Å². The molecule has 0 spiro atoms. The predicted octanol–water partition coefficient (Wildman–Crippen LogP) is 13.4. The average Bonchev–Trinajstić information content (AvgIpc) is 3.24. The topological polar surface area (TPSA) is 107 Å². The molecule has 4 N–H and O–H groups in total. The van der Waals surface area contributed by atoms with Crippen LogP contribution in [0.25, 0.3) is 0 Å². The van der Waals surface area contributed by atoms with Crippen LogP contribution in [0.2, 0.25) is 0 Å². The first-order chi connectivity index (χ1) is 27.8. The molecule has 3 rings (SSSR count). The molecule has 0 aromatic heterocycles. The minimum atomic E-state index is -1.34. The monoisotopic (exact) mass is 816 g/mol. The second kappa shape index (κ2) is 48.1.